The van der Waals surface area contributed by atoms with E-state index < -0.39 is 0 Å². The van der Waals surface area contributed by atoms with Crippen molar-refractivity contribution in [3.8, 4) is 12.1 Å². The Kier molecular flexibility index (Phi) is 5.14. The molecule has 0 bridgehead atoms. The Hall–Kier alpha value is -2.10. The van der Waals surface area contributed by atoms with Crippen molar-refractivity contribution in [1.29, 1.82) is 5.26 Å². The van der Waals surface area contributed by atoms with E-state index in [0.717, 1.165) is 6.42 Å². The van der Waals surface area contributed by atoms with Crippen molar-refractivity contribution in [3.63, 3.8) is 0 Å². The first kappa shape index (κ1) is 15.3. The zero-order chi connectivity index (χ0) is 15.2. The number of benzene rings is 1. The molecule has 1 aromatic heterocycles. The van der Waals surface area contributed by atoms with Gasteiger partial charge in [0.25, 0.3) is 0 Å². The molecule has 0 amide bonds. The average molecular weight is 324 g/mol. The summed E-state index contributed by atoms with van der Waals surface area (Å²) in [6.07, 6.45) is 0.818. The summed E-state index contributed by atoms with van der Waals surface area (Å²) < 4.78 is 5.32. The van der Waals surface area contributed by atoms with Crippen molar-refractivity contribution in [2.75, 3.05) is 11.9 Å². The van der Waals surface area contributed by atoms with Gasteiger partial charge in [-0.1, -0.05) is 18.5 Å². The van der Waals surface area contributed by atoms with Gasteiger partial charge in [-0.25, -0.2) is 0 Å². The molecular formula is C13H11Cl2N5O. The molecule has 108 valence electrons. The van der Waals surface area contributed by atoms with Crippen LogP contribution >= 0.6 is 23.2 Å². The van der Waals surface area contributed by atoms with Gasteiger partial charge in [-0.2, -0.15) is 20.2 Å². The van der Waals surface area contributed by atoms with Crippen LogP contribution in [0.25, 0.3) is 0 Å². The Balaban J connectivity index is 2.29. The number of nitrogens with one attached hydrogen (secondary N) is 1. The van der Waals surface area contributed by atoms with E-state index >= 15 is 0 Å². The number of nitriles is 1. The normalized spacial score (nSPS) is 10.0. The highest BCUT2D eigenvalue weighted by Crippen LogP contribution is 2.23. The molecule has 1 aromatic carbocycles. The Morgan fingerprint density at radius 2 is 2.10 bits per heavy atom. The quantitative estimate of drug-likeness (QED) is 0.905. The number of nitrogens with zero attached hydrogens (tertiary/aromatic N) is 4. The Labute approximate surface area is 131 Å². The summed E-state index contributed by atoms with van der Waals surface area (Å²) in [6, 6.07) is 7.00. The Morgan fingerprint density at radius 1 is 1.29 bits per heavy atom. The molecule has 0 saturated heterocycles. The molecule has 1 N–H and O–H groups in total. The van der Waals surface area contributed by atoms with Gasteiger partial charge in [0, 0.05) is 5.02 Å². The minimum atomic E-state index is -0.000797. The molecule has 0 atom stereocenters. The van der Waals surface area contributed by atoms with E-state index in [2.05, 4.69) is 20.3 Å². The lowest BCUT2D eigenvalue weighted by molar-refractivity contribution is 0.292. The van der Waals surface area contributed by atoms with Crippen LogP contribution in [0.4, 0.5) is 11.6 Å². The fourth-order valence-electron chi connectivity index (χ4n) is 1.48. The van der Waals surface area contributed by atoms with E-state index in [9.17, 15) is 0 Å². The highest BCUT2D eigenvalue weighted by atomic mass is 35.5. The SMILES string of the molecule is CCCOc1nc(Cl)nc(Nc2cc(Cl)ccc2C#N)n1. The minimum absolute atomic E-state index is 0.000797. The van der Waals surface area contributed by atoms with Crippen LogP contribution in [0.15, 0.2) is 18.2 Å². The van der Waals surface area contributed by atoms with E-state index in [0.29, 0.717) is 22.9 Å². The maximum atomic E-state index is 9.08. The van der Waals surface area contributed by atoms with Crippen LogP contribution in [0, 0.1) is 11.3 Å². The van der Waals surface area contributed by atoms with Gasteiger partial charge in [0.05, 0.1) is 17.9 Å². The minimum Gasteiger partial charge on any atom is -0.463 e. The molecule has 0 unspecified atom stereocenters. The second-order valence-corrected chi connectivity index (χ2v) is 4.76. The molecule has 0 aliphatic heterocycles. The predicted octanol–water partition coefficient (Wildman–Crippen LogP) is 3.58. The van der Waals surface area contributed by atoms with Crippen molar-refractivity contribution in [2.24, 2.45) is 0 Å². The highest BCUT2D eigenvalue weighted by Gasteiger charge is 2.09. The molecule has 2 rings (SSSR count). The Morgan fingerprint density at radius 3 is 2.81 bits per heavy atom. The number of hydrogen-bond acceptors (Lipinski definition) is 6. The van der Waals surface area contributed by atoms with E-state index in [1.54, 1.807) is 18.2 Å². The van der Waals surface area contributed by atoms with Gasteiger partial charge in [-0.15, -0.1) is 0 Å². The number of aromatic nitrogens is 3. The van der Waals surface area contributed by atoms with E-state index in [1.165, 1.54) is 0 Å². The molecular weight excluding hydrogens is 313 g/mol. The molecule has 0 spiro atoms. The van der Waals surface area contributed by atoms with Crippen LogP contribution in [-0.2, 0) is 0 Å². The van der Waals surface area contributed by atoms with Crippen LogP contribution in [0.2, 0.25) is 10.3 Å². The van der Waals surface area contributed by atoms with Crippen LogP contribution < -0.4 is 10.1 Å². The van der Waals surface area contributed by atoms with Crippen molar-refractivity contribution >= 4 is 34.8 Å². The van der Waals surface area contributed by atoms with Crippen molar-refractivity contribution in [3.05, 3.63) is 34.1 Å². The first-order valence-electron chi connectivity index (χ1n) is 6.13. The monoisotopic (exact) mass is 323 g/mol. The lowest BCUT2D eigenvalue weighted by atomic mass is 10.2. The van der Waals surface area contributed by atoms with Crippen LogP contribution in [0.3, 0.4) is 0 Å². The lowest BCUT2D eigenvalue weighted by Crippen LogP contribution is -2.05. The van der Waals surface area contributed by atoms with E-state index in [4.69, 9.17) is 33.2 Å². The maximum Gasteiger partial charge on any atom is 0.322 e. The number of ether oxygens (including phenoxy) is 1. The second-order valence-electron chi connectivity index (χ2n) is 3.99. The van der Waals surface area contributed by atoms with Gasteiger partial charge >= 0.3 is 6.01 Å². The molecule has 1 heterocycles. The van der Waals surface area contributed by atoms with Gasteiger partial charge in [0.2, 0.25) is 11.2 Å². The summed E-state index contributed by atoms with van der Waals surface area (Å²) in [5.41, 5.74) is 0.890. The summed E-state index contributed by atoms with van der Waals surface area (Å²) in [7, 11) is 0. The van der Waals surface area contributed by atoms with Gasteiger partial charge in [0.15, 0.2) is 0 Å². The van der Waals surface area contributed by atoms with Gasteiger partial charge in [0.1, 0.15) is 6.07 Å². The molecule has 0 saturated carbocycles. The molecule has 2 aromatic rings. The molecule has 0 aliphatic rings. The first-order valence-corrected chi connectivity index (χ1v) is 6.89. The zero-order valence-corrected chi connectivity index (χ0v) is 12.6. The molecule has 0 fully saturated rings. The summed E-state index contributed by atoms with van der Waals surface area (Å²) in [5.74, 6) is 0.180. The number of halogens is 2. The predicted molar refractivity (Wildman–Crippen MR) is 80.1 cm³/mol. The molecule has 0 aliphatic carbocycles. The summed E-state index contributed by atoms with van der Waals surface area (Å²) in [6.45, 7) is 2.44. The number of rotatable bonds is 5. The van der Waals surface area contributed by atoms with Gasteiger partial charge < -0.3 is 10.1 Å². The van der Waals surface area contributed by atoms with Gasteiger partial charge in [-0.3, -0.25) is 0 Å². The molecule has 8 heteroatoms. The number of anilines is 2. The second kappa shape index (κ2) is 7.07. The third-order valence-electron chi connectivity index (χ3n) is 2.37. The lowest BCUT2D eigenvalue weighted by Gasteiger charge is -2.08. The average Bonchev–Trinajstić information content (AvgIpc) is 2.45. The Bertz CT molecular complexity index is 687. The summed E-state index contributed by atoms with van der Waals surface area (Å²) >= 11 is 11.7. The first-order chi connectivity index (χ1) is 10.1. The van der Waals surface area contributed by atoms with Crippen LogP contribution in [0.1, 0.15) is 18.9 Å². The van der Waals surface area contributed by atoms with Gasteiger partial charge in [-0.05, 0) is 36.2 Å². The molecule has 6 nitrogen and oxygen atoms in total. The van der Waals surface area contributed by atoms with E-state index in [-0.39, 0.29) is 17.2 Å². The third-order valence-corrected chi connectivity index (χ3v) is 2.78. The fourth-order valence-corrected chi connectivity index (χ4v) is 1.81. The van der Waals surface area contributed by atoms with Crippen molar-refractivity contribution in [2.45, 2.75) is 13.3 Å². The standard InChI is InChI=1S/C13H11Cl2N5O/c1-2-5-21-13-19-11(15)18-12(20-13)17-10-6-9(14)4-3-8(10)7-16/h3-4,6H,2,5H2,1H3,(H,17,18,19,20). The van der Waals surface area contributed by atoms with Crippen molar-refractivity contribution < 1.29 is 4.74 Å². The molecule has 0 radical (unpaired) electrons. The maximum absolute atomic E-state index is 9.08. The molecule has 21 heavy (non-hydrogen) atoms. The summed E-state index contributed by atoms with van der Waals surface area (Å²) in [4.78, 5) is 11.9. The van der Waals surface area contributed by atoms with Crippen molar-refractivity contribution in [1.82, 2.24) is 15.0 Å². The highest BCUT2D eigenvalue weighted by molar-refractivity contribution is 6.31. The smallest absolute Gasteiger partial charge is 0.322 e. The largest absolute Gasteiger partial charge is 0.463 e. The zero-order valence-electron chi connectivity index (χ0n) is 11.1. The number of hydrogen-bond donors (Lipinski definition) is 1. The fraction of sp³-hybridized carbons (Fsp3) is 0.231. The van der Waals surface area contributed by atoms with Crippen LogP contribution in [-0.4, -0.2) is 21.6 Å². The van der Waals surface area contributed by atoms with E-state index in [1.807, 2.05) is 13.0 Å². The van der Waals surface area contributed by atoms with Crippen LogP contribution in [0.5, 0.6) is 6.01 Å². The topological polar surface area (TPSA) is 83.7 Å². The third kappa shape index (κ3) is 4.18. The summed E-state index contributed by atoms with van der Waals surface area (Å²) in [5, 5.41) is 12.4.